The van der Waals surface area contributed by atoms with Gasteiger partial charge in [-0.25, -0.2) is 0 Å². The molecule has 0 atom stereocenters. The Balaban J connectivity index is 2.02. The zero-order valence-corrected chi connectivity index (χ0v) is 11.2. The van der Waals surface area contributed by atoms with Crippen LogP contribution < -0.4 is 5.32 Å². The second kappa shape index (κ2) is 6.74. The van der Waals surface area contributed by atoms with Crippen LogP contribution in [0, 0.1) is 0 Å². The van der Waals surface area contributed by atoms with E-state index in [0.29, 0.717) is 13.0 Å². The van der Waals surface area contributed by atoms with Crippen molar-refractivity contribution in [1.82, 2.24) is 5.32 Å². The average Bonchev–Trinajstić information content (AvgIpc) is 2.48. The second-order valence-corrected chi connectivity index (χ2v) is 4.52. The summed E-state index contributed by atoms with van der Waals surface area (Å²) < 4.78 is 0. The van der Waals surface area contributed by atoms with Crippen molar-refractivity contribution < 1.29 is 4.79 Å². The summed E-state index contributed by atoms with van der Waals surface area (Å²) in [6, 6.07) is 18.8. The summed E-state index contributed by atoms with van der Waals surface area (Å²) in [5, 5.41) is 2.90. The summed E-state index contributed by atoms with van der Waals surface area (Å²) in [4.78, 5) is 11.2. The third-order valence-electron chi connectivity index (χ3n) is 3.09. The first-order valence-electron chi connectivity index (χ1n) is 6.70. The third kappa shape index (κ3) is 3.95. The van der Waals surface area contributed by atoms with Crippen molar-refractivity contribution in [1.29, 1.82) is 0 Å². The lowest BCUT2D eigenvalue weighted by atomic mass is 10.0. The molecule has 0 aliphatic rings. The number of carbonyl (C=O) groups excluding carboxylic acids is 1. The van der Waals surface area contributed by atoms with Crippen molar-refractivity contribution in [3.05, 3.63) is 60.2 Å². The maximum absolute atomic E-state index is 11.2. The van der Waals surface area contributed by atoms with Crippen LogP contribution in [-0.4, -0.2) is 12.5 Å². The molecule has 0 bridgehead atoms. The first kappa shape index (κ1) is 13.3. The first-order chi connectivity index (χ1) is 9.29. The molecule has 2 aromatic carbocycles. The zero-order chi connectivity index (χ0) is 13.5. The highest BCUT2D eigenvalue weighted by molar-refractivity contribution is 5.75. The van der Waals surface area contributed by atoms with E-state index in [2.05, 4.69) is 41.7 Å². The number of amides is 1. The van der Waals surface area contributed by atoms with Crippen LogP contribution >= 0.6 is 0 Å². The van der Waals surface area contributed by atoms with Gasteiger partial charge in [0, 0.05) is 13.0 Å². The molecule has 2 rings (SSSR count). The Labute approximate surface area is 114 Å². The van der Waals surface area contributed by atoms with Gasteiger partial charge in [0.25, 0.3) is 0 Å². The molecule has 2 heteroatoms. The van der Waals surface area contributed by atoms with Crippen molar-refractivity contribution in [3.63, 3.8) is 0 Å². The predicted molar refractivity (Wildman–Crippen MR) is 78.9 cm³/mol. The van der Waals surface area contributed by atoms with Gasteiger partial charge in [0.15, 0.2) is 0 Å². The monoisotopic (exact) mass is 253 g/mol. The molecule has 2 aromatic rings. The van der Waals surface area contributed by atoms with Crippen LogP contribution in [0.15, 0.2) is 54.6 Å². The topological polar surface area (TPSA) is 29.1 Å². The lowest BCUT2D eigenvalue weighted by molar-refractivity contribution is -0.120. The molecule has 0 spiro atoms. The van der Waals surface area contributed by atoms with Crippen LogP contribution in [0.25, 0.3) is 11.1 Å². The van der Waals surface area contributed by atoms with E-state index in [1.54, 1.807) is 0 Å². The van der Waals surface area contributed by atoms with Crippen LogP contribution in [0.3, 0.4) is 0 Å². The van der Waals surface area contributed by atoms with E-state index >= 15 is 0 Å². The van der Waals surface area contributed by atoms with Crippen molar-refractivity contribution in [2.75, 3.05) is 6.54 Å². The van der Waals surface area contributed by atoms with Gasteiger partial charge in [-0.2, -0.15) is 0 Å². The Bertz CT molecular complexity index is 534. The Kier molecular flexibility index (Phi) is 4.73. The fraction of sp³-hybridized carbons (Fsp3) is 0.235. The van der Waals surface area contributed by atoms with Gasteiger partial charge in [-0.3, -0.25) is 4.79 Å². The molecule has 0 aliphatic heterocycles. The zero-order valence-electron chi connectivity index (χ0n) is 11.2. The minimum absolute atomic E-state index is 0.110. The van der Waals surface area contributed by atoms with E-state index in [0.717, 1.165) is 6.42 Å². The van der Waals surface area contributed by atoms with Gasteiger partial charge in [-0.05, 0) is 23.1 Å². The summed E-state index contributed by atoms with van der Waals surface area (Å²) in [7, 11) is 0. The fourth-order valence-electron chi connectivity index (χ4n) is 2.01. The molecule has 0 aromatic heterocycles. The minimum atomic E-state index is 0.110. The molecular formula is C17H19NO. The lowest BCUT2D eigenvalue weighted by Crippen LogP contribution is -2.24. The number of hydrogen-bond acceptors (Lipinski definition) is 1. The van der Waals surface area contributed by atoms with Gasteiger partial charge in [-0.1, -0.05) is 61.5 Å². The number of hydrogen-bond donors (Lipinski definition) is 1. The van der Waals surface area contributed by atoms with E-state index in [1.807, 2.05) is 25.1 Å². The lowest BCUT2D eigenvalue weighted by Gasteiger charge is -2.06. The van der Waals surface area contributed by atoms with E-state index in [-0.39, 0.29) is 5.91 Å². The molecule has 0 saturated heterocycles. The van der Waals surface area contributed by atoms with E-state index in [1.165, 1.54) is 16.7 Å². The molecule has 0 saturated carbocycles. The highest BCUT2D eigenvalue weighted by Crippen LogP contribution is 2.19. The van der Waals surface area contributed by atoms with Crippen molar-refractivity contribution in [2.45, 2.75) is 19.8 Å². The second-order valence-electron chi connectivity index (χ2n) is 4.52. The summed E-state index contributed by atoms with van der Waals surface area (Å²) in [5.41, 5.74) is 3.69. The maximum atomic E-state index is 11.2. The Morgan fingerprint density at radius 2 is 1.74 bits per heavy atom. The molecule has 19 heavy (non-hydrogen) atoms. The normalized spacial score (nSPS) is 10.2. The Morgan fingerprint density at radius 3 is 2.47 bits per heavy atom. The molecule has 0 radical (unpaired) electrons. The fourth-order valence-corrected chi connectivity index (χ4v) is 2.01. The summed E-state index contributed by atoms with van der Waals surface area (Å²) in [6.07, 6.45) is 1.41. The highest BCUT2D eigenvalue weighted by atomic mass is 16.1. The Hall–Kier alpha value is -2.09. The molecule has 0 heterocycles. The molecule has 1 N–H and O–H groups in total. The third-order valence-corrected chi connectivity index (χ3v) is 3.09. The van der Waals surface area contributed by atoms with Gasteiger partial charge in [0.05, 0.1) is 0 Å². The quantitative estimate of drug-likeness (QED) is 0.869. The first-order valence-corrected chi connectivity index (χ1v) is 6.70. The van der Waals surface area contributed by atoms with Crippen LogP contribution in [0.4, 0.5) is 0 Å². The van der Waals surface area contributed by atoms with Crippen LogP contribution in [0.5, 0.6) is 0 Å². The Morgan fingerprint density at radius 1 is 1.00 bits per heavy atom. The van der Waals surface area contributed by atoms with E-state index in [9.17, 15) is 4.79 Å². The predicted octanol–water partition coefficient (Wildman–Crippen LogP) is 3.42. The van der Waals surface area contributed by atoms with Crippen molar-refractivity contribution in [2.24, 2.45) is 0 Å². The maximum Gasteiger partial charge on any atom is 0.219 e. The molecule has 0 fully saturated rings. The molecule has 2 nitrogen and oxygen atoms in total. The largest absolute Gasteiger partial charge is 0.356 e. The van der Waals surface area contributed by atoms with Crippen molar-refractivity contribution >= 4 is 5.91 Å². The molecule has 1 amide bonds. The van der Waals surface area contributed by atoms with E-state index in [4.69, 9.17) is 0 Å². The van der Waals surface area contributed by atoms with Crippen molar-refractivity contribution in [3.8, 4) is 11.1 Å². The number of nitrogens with one attached hydrogen (secondary N) is 1. The average molecular weight is 253 g/mol. The molecular weight excluding hydrogens is 234 g/mol. The summed E-state index contributed by atoms with van der Waals surface area (Å²) in [5.74, 6) is 0.110. The summed E-state index contributed by atoms with van der Waals surface area (Å²) in [6.45, 7) is 2.57. The van der Waals surface area contributed by atoms with Crippen LogP contribution in [-0.2, 0) is 11.2 Å². The SMILES string of the molecule is CCC(=O)NCCc1cccc(-c2ccccc2)c1. The number of carbonyl (C=O) groups is 1. The van der Waals surface area contributed by atoms with E-state index < -0.39 is 0 Å². The molecule has 0 aliphatic carbocycles. The van der Waals surface area contributed by atoms with Gasteiger partial charge in [0.2, 0.25) is 5.91 Å². The summed E-state index contributed by atoms with van der Waals surface area (Å²) >= 11 is 0. The van der Waals surface area contributed by atoms with Gasteiger partial charge >= 0.3 is 0 Å². The highest BCUT2D eigenvalue weighted by Gasteiger charge is 2.00. The van der Waals surface area contributed by atoms with Gasteiger partial charge < -0.3 is 5.32 Å². The molecule has 98 valence electrons. The molecule has 0 unspecified atom stereocenters. The van der Waals surface area contributed by atoms with Crippen LogP contribution in [0.2, 0.25) is 0 Å². The minimum Gasteiger partial charge on any atom is -0.356 e. The van der Waals surface area contributed by atoms with Gasteiger partial charge in [0.1, 0.15) is 0 Å². The standard InChI is InChI=1S/C17H19NO/c1-2-17(19)18-12-11-14-7-6-10-16(13-14)15-8-4-3-5-9-15/h3-10,13H,2,11-12H2,1H3,(H,18,19). The smallest absolute Gasteiger partial charge is 0.219 e. The van der Waals surface area contributed by atoms with Crippen LogP contribution in [0.1, 0.15) is 18.9 Å². The number of rotatable bonds is 5. The number of benzene rings is 2. The van der Waals surface area contributed by atoms with Gasteiger partial charge in [-0.15, -0.1) is 0 Å².